The van der Waals surface area contributed by atoms with E-state index in [0.717, 1.165) is 18.2 Å². The molecule has 0 radical (unpaired) electrons. The molecular weight excluding hydrogens is 1150 g/mol. The predicted octanol–water partition coefficient (Wildman–Crippen LogP) is -1.07. The first-order valence-electron chi connectivity index (χ1n) is 26.7. The maximum Gasteiger partial charge on any atom is 0.423 e. The molecule has 3 aliphatic heterocycles. The van der Waals surface area contributed by atoms with Gasteiger partial charge < -0.3 is 66.6 Å². The lowest BCUT2D eigenvalue weighted by molar-refractivity contribution is -0.220. The first kappa shape index (κ1) is 62.6. The largest absolute Gasteiger partial charge is 0.481 e. The fourth-order valence-electron chi connectivity index (χ4n) is 10.5. The van der Waals surface area contributed by atoms with Crippen molar-refractivity contribution in [3.05, 3.63) is 110 Å². The number of carboxylic acid groups (broad SMARTS) is 2. The summed E-state index contributed by atoms with van der Waals surface area (Å²) < 4.78 is 70.9. The van der Waals surface area contributed by atoms with Gasteiger partial charge in [0.25, 0.3) is 23.3 Å². The van der Waals surface area contributed by atoms with E-state index >= 15 is 4.39 Å². The fraction of sp³-hybridized carbons (Fsp3) is 0.400. The highest BCUT2D eigenvalue weighted by molar-refractivity contribution is 6.15. The molecule has 456 valence electrons. The molecule has 8 amide bonds. The van der Waals surface area contributed by atoms with Crippen molar-refractivity contribution >= 4 is 76.1 Å². The van der Waals surface area contributed by atoms with Crippen LogP contribution in [0.3, 0.4) is 0 Å². The number of carboxylic acids is 2. The third-order valence-corrected chi connectivity index (χ3v) is 14.9. The number of aryl methyl sites for hydroxylation is 1. The fourth-order valence-corrected chi connectivity index (χ4v) is 10.5. The molecule has 10 N–H and O–H groups in total. The monoisotopic (exact) mass is 1200 g/mol. The number of amides is 8. The van der Waals surface area contributed by atoms with Crippen molar-refractivity contribution in [1.82, 2.24) is 51.7 Å². The molecule has 1 aliphatic carbocycles. The smallest absolute Gasteiger partial charge is 0.423 e. The van der Waals surface area contributed by atoms with Gasteiger partial charge in [0.1, 0.15) is 37.3 Å². The molecule has 2 unspecified atom stereocenters. The number of nitrogens with one attached hydrogen (secondary N) is 7. The number of halogens is 4. The van der Waals surface area contributed by atoms with Crippen LogP contribution in [0.25, 0.3) is 22.3 Å². The molecule has 4 aliphatic rings. The highest BCUT2D eigenvalue weighted by Gasteiger charge is 2.49. The van der Waals surface area contributed by atoms with Crippen molar-refractivity contribution < 1.29 is 95.1 Å². The molecule has 6 atom stereocenters. The van der Waals surface area contributed by atoms with E-state index in [9.17, 15) is 80.9 Å². The summed E-state index contributed by atoms with van der Waals surface area (Å²) in [6.45, 7) is -2.11. The second-order valence-electron chi connectivity index (χ2n) is 20.4. The van der Waals surface area contributed by atoms with Gasteiger partial charge in [0, 0.05) is 54.1 Å². The highest BCUT2D eigenvalue weighted by atomic mass is 19.4. The molecule has 0 fully saturated rings. The molecule has 2 aromatic carbocycles. The topological polar surface area (TPSA) is 389 Å². The Morgan fingerprint density at radius 3 is 2.16 bits per heavy atom. The number of aliphatic carboxylic acids is 2. The normalized spacial score (nSPS) is 17.9. The molecule has 27 nitrogen and oxygen atoms in total. The molecule has 5 heterocycles. The van der Waals surface area contributed by atoms with Gasteiger partial charge in [-0.25, -0.2) is 14.2 Å². The highest BCUT2D eigenvalue weighted by Crippen LogP contribution is 2.46. The van der Waals surface area contributed by atoms with Gasteiger partial charge in [0.15, 0.2) is 5.60 Å². The molecule has 86 heavy (non-hydrogen) atoms. The first-order valence-corrected chi connectivity index (χ1v) is 26.7. The number of hydrogen-bond acceptors (Lipinski definition) is 17. The number of fused-ring (bicyclic) bond motifs is 5. The van der Waals surface area contributed by atoms with Gasteiger partial charge in [-0.05, 0) is 60.9 Å². The quantitative estimate of drug-likeness (QED) is 0.0144. The average Bonchev–Trinajstić information content (AvgIpc) is 1.50. The van der Waals surface area contributed by atoms with E-state index in [4.69, 9.17) is 19.6 Å². The third-order valence-electron chi connectivity index (χ3n) is 14.9. The van der Waals surface area contributed by atoms with Gasteiger partial charge in [-0.3, -0.25) is 57.6 Å². The molecule has 8 rings (SSSR count). The van der Waals surface area contributed by atoms with E-state index < -0.39 is 171 Å². The summed E-state index contributed by atoms with van der Waals surface area (Å²) in [6.07, 6.45) is -8.24. The minimum Gasteiger partial charge on any atom is -0.481 e. The number of pyridine rings is 2. The number of nitrogens with zero attached hydrogens (tertiary/aromatic N) is 3. The summed E-state index contributed by atoms with van der Waals surface area (Å²) in [4.78, 5) is 159. The number of ether oxygens (including phenoxy) is 2. The molecule has 0 spiro atoms. The molecule has 0 saturated heterocycles. The maximum absolute atomic E-state index is 15.4. The lowest BCUT2D eigenvalue weighted by atomic mass is 9.81. The zero-order chi connectivity index (χ0) is 62.5. The minimum atomic E-state index is -5.38. The van der Waals surface area contributed by atoms with E-state index in [0.29, 0.717) is 27.0 Å². The van der Waals surface area contributed by atoms with Gasteiger partial charge in [0.2, 0.25) is 35.6 Å². The van der Waals surface area contributed by atoms with E-state index in [2.05, 4.69) is 31.9 Å². The van der Waals surface area contributed by atoms with Crippen LogP contribution >= 0.6 is 0 Å². The van der Waals surface area contributed by atoms with Crippen LogP contribution in [0.4, 0.5) is 17.6 Å². The maximum atomic E-state index is 15.4. The van der Waals surface area contributed by atoms with Gasteiger partial charge in [0.05, 0.1) is 54.7 Å². The lowest BCUT2D eigenvalue weighted by Crippen LogP contribution is -2.57. The number of aromatic nitrogens is 2. The summed E-state index contributed by atoms with van der Waals surface area (Å²) in [5, 5.41) is 46.0. The van der Waals surface area contributed by atoms with Crippen molar-refractivity contribution in [2.45, 2.75) is 108 Å². The van der Waals surface area contributed by atoms with E-state index in [-0.39, 0.29) is 71.4 Å². The molecule has 4 aromatic rings. The summed E-state index contributed by atoms with van der Waals surface area (Å²) >= 11 is 0. The van der Waals surface area contributed by atoms with Crippen LogP contribution in [0.15, 0.2) is 59.4 Å². The Morgan fingerprint density at radius 1 is 0.849 bits per heavy atom. The van der Waals surface area contributed by atoms with E-state index in [1.54, 1.807) is 30.3 Å². The van der Waals surface area contributed by atoms with Gasteiger partial charge >= 0.3 is 24.1 Å². The van der Waals surface area contributed by atoms with Crippen LogP contribution in [-0.2, 0) is 93.8 Å². The minimum absolute atomic E-state index is 0.00881. The van der Waals surface area contributed by atoms with E-state index in [1.165, 1.54) is 24.5 Å². The van der Waals surface area contributed by atoms with Gasteiger partial charge in [-0.15, -0.1) is 0 Å². The number of rotatable bonds is 25. The number of esters is 1. The number of imide groups is 1. The van der Waals surface area contributed by atoms with Crippen molar-refractivity contribution in [3.63, 3.8) is 0 Å². The SMILES string of the molecule is CC[C@@]1(O)C(=O)OCc2c1cc1n(c2=O)Cc2c-1nc1cc(F)c(C)c3c1c2[C@@H](NC(=O)[C@@H](OCNC(=O)CNC(=O)[C@H](Cc1ccccc1)NC(=O)CNC(=O)CNC(=O)C(CNC(CCC(=O)O)C(=O)O)N1C(=O)C=CC1=O)C(F)(F)F)CC3. The first-order chi connectivity index (χ1) is 40.7. The number of benzene rings is 2. The molecule has 0 bridgehead atoms. The average molecular weight is 1210 g/mol. The Kier molecular flexibility index (Phi) is 18.8. The Hall–Kier alpha value is -9.49. The number of carbonyl (C=O) groups excluding carboxylic acids is 9. The summed E-state index contributed by atoms with van der Waals surface area (Å²) in [5.74, 6) is -13.2. The summed E-state index contributed by atoms with van der Waals surface area (Å²) in [5.41, 5.74) is -0.844. The molecule has 0 saturated carbocycles. The zero-order valence-corrected chi connectivity index (χ0v) is 45.7. The van der Waals surface area contributed by atoms with Crippen LogP contribution in [0.2, 0.25) is 0 Å². The van der Waals surface area contributed by atoms with Crippen molar-refractivity contribution in [2.24, 2.45) is 0 Å². The zero-order valence-electron chi connectivity index (χ0n) is 45.7. The van der Waals surface area contributed by atoms with Crippen molar-refractivity contribution in [2.75, 3.05) is 32.9 Å². The Bertz CT molecular complexity index is 3560. The Balaban J connectivity index is 0.875. The van der Waals surface area contributed by atoms with Gasteiger partial charge in [-0.1, -0.05) is 37.3 Å². The lowest BCUT2D eigenvalue weighted by Gasteiger charge is -2.31. The number of aliphatic hydroxyl groups is 1. The summed E-state index contributed by atoms with van der Waals surface area (Å²) in [6, 6.07) is 4.69. The van der Waals surface area contributed by atoms with Crippen molar-refractivity contribution in [1.29, 1.82) is 0 Å². The van der Waals surface area contributed by atoms with Crippen LogP contribution in [0.1, 0.15) is 77.6 Å². The number of cyclic esters (lactones) is 1. The van der Waals surface area contributed by atoms with E-state index in [1.807, 2.05) is 5.32 Å². The number of alkyl halides is 3. The van der Waals surface area contributed by atoms with Gasteiger partial charge in [-0.2, -0.15) is 13.2 Å². The van der Waals surface area contributed by atoms with Crippen LogP contribution < -0.4 is 42.8 Å². The molecule has 2 aromatic heterocycles. The second kappa shape index (κ2) is 25.8. The number of carbonyl (C=O) groups is 11. The standard InChI is InChI=1S/C55H56F4N10O17/c1-3-54(84)30-16-36-46-28(22-68(36)51(80)29(30)23-85-53(54)83)45-32(10-9-27-25(2)31(56)17-34(66-46)44(27)45)67-50(79)47(55(57,58)59)86-24-64-39(71)20-62-48(77)35(15-26-7-5-4-6-8-26)65-40(72)21-61-38(70)19-63-49(78)37(69-41(73)12-13-42(69)74)18-60-33(52(81)82)11-14-43(75)76/h4-8,12-13,16-17,32-33,35,37,47,60,84H,3,9-11,14-15,18-24H2,1-2H3,(H,61,70)(H,62,77)(H,63,78)(H,64,71)(H,65,72)(H,67,79)(H,75,76)(H,81,82)/t32-,33?,35-,37?,47+,54-/m0/s1. The van der Waals surface area contributed by atoms with Crippen molar-refractivity contribution in [3.8, 4) is 11.4 Å². The Morgan fingerprint density at radius 2 is 1.51 bits per heavy atom. The molecular formula is C55H56F4N10O17. The number of hydrogen-bond donors (Lipinski definition) is 10. The second-order valence-corrected chi connectivity index (χ2v) is 20.4. The molecule has 31 heteroatoms. The predicted molar refractivity (Wildman–Crippen MR) is 285 cm³/mol. The summed E-state index contributed by atoms with van der Waals surface area (Å²) in [7, 11) is 0. The van der Waals surface area contributed by atoms with Crippen LogP contribution in [0, 0.1) is 12.7 Å². The Labute approximate surface area is 483 Å². The van der Waals surface area contributed by atoms with Crippen LogP contribution in [0.5, 0.6) is 0 Å². The third kappa shape index (κ3) is 13.4. The van der Waals surface area contributed by atoms with Crippen LogP contribution in [-0.4, -0.2) is 158 Å².